The van der Waals surface area contributed by atoms with Crippen LogP contribution in [0.4, 0.5) is 0 Å². The molecule has 0 amide bonds. The van der Waals surface area contributed by atoms with Crippen molar-refractivity contribution in [2.24, 2.45) is 4.40 Å². The van der Waals surface area contributed by atoms with E-state index in [0.29, 0.717) is 0 Å². The largest absolute Gasteiger partial charge is 0.288 e. The molecule has 0 heterocycles. The number of carbonyl (C=O) groups is 1. The summed E-state index contributed by atoms with van der Waals surface area (Å²) >= 11 is 3.50. The zero-order valence-corrected chi connectivity index (χ0v) is 11.9. The van der Waals surface area contributed by atoms with Gasteiger partial charge in [0.15, 0.2) is 3.79 Å². The maximum Gasteiger partial charge on any atom is 0.192 e. The summed E-state index contributed by atoms with van der Waals surface area (Å²) in [7, 11) is 0. The lowest BCUT2D eigenvalue weighted by Crippen LogP contribution is -1.87. The van der Waals surface area contributed by atoms with Crippen molar-refractivity contribution in [3.63, 3.8) is 0 Å². The Labute approximate surface area is 105 Å². The van der Waals surface area contributed by atoms with Gasteiger partial charge in [-0.25, -0.2) is 4.40 Å². The third kappa shape index (κ3) is 10.5. The van der Waals surface area contributed by atoms with E-state index in [1.165, 1.54) is 5.71 Å². The van der Waals surface area contributed by atoms with Crippen LogP contribution in [0.25, 0.3) is 0 Å². The van der Waals surface area contributed by atoms with Gasteiger partial charge >= 0.3 is 0 Å². The summed E-state index contributed by atoms with van der Waals surface area (Å²) in [6.45, 7) is 4.17. The van der Waals surface area contributed by atoms with Crippen LogP contribution in [0.1, 0.15) is 46.0 Å². The summed E-state index contributed by atoms with van der Waals surface area (Å²) in [6, 6.07) is 0. The molecule has 0 radical (unpaired) electrons. The van der Waals surface area contributed by atoms with Crippen molar-refractivity contribution in [2.75, 3.05) is 5.75 Å². The standard InChI is InChI=1S/C10H18INOS/c1-3-9(2)12-14-8-6-4-5-7-10(11)13/h3-8H2,1-2H3. The van der Waals surface area contributed by atoms with Crippen LogP contribution in [0.15, 0.2) is 4.40 Å². The number of unbranched alkanes of at least 4 members (excludes halogenated alkanes) is 2. The minimum atomic E-state index is 0.273. The van der Waals surface area contributed by atoms with Gasteiger partial charge in [0.05, 0.1) is 0 Å². The molecule has 0 saturated heterocycles. The fraction of sp³-hybridized carbons (Fsp3) is 0.800. The van der Waals surface area contributed by atoms with Crippen molar-refractivity contribution >= 4 is 44.0 Å². The highest BCUT2D eigenvalue weighted by Gasteiger charge is 1.95. The first kappa shape index (κ1) is 14.4. The first-order valence-corrected chi connectivity index (χ1v) is 7.02. The Hall–Kier alpha value is 0.420. The third-order valence-electron chi connectivity index (χ3n) is 1.84. The highest BCUT2D eigenvalue weighted by molar-refractivity contribution is 14.1. The maximum atomic E-state index is 10.6. The number of carbonyl (C=O) groups excluding carboxylic acids is 1. The van der Waals surface area contributed by atoms with Crippen LogP contribution >= 0.6 is 34.5 Å². The van der Waals surface area contributed by atoms with Gasteiger partial charge in [-0.15, -0.1) is 0 Å². The molecule has 4 heteroatoms. The van der Waals surface area contributed by atoms with Crippen LogP contribution < -0.4 is 0 Å². The summed E-state index contributed by atoms with van der Waals surface area (Å²) in [4.78, 5) is 10.6. The highest BCUT2D eigenvalue weighted by Crippen LogP contribution is 2.10. The second kappa shape index (κ2) is 9.96. The second-order valence-electron chi connectivity index (χ2n) is 3.18. The predicted molar refractivity (Wildman–Crippen MR) is 73.4 cm³/mol. The van der Waals surface area contributed by atoms with E-state index in [0.717, 1.165) is 37.9 Å². The number of hydrogen-bond donors (Lipinski definition) is 0. The normalized spacial score (nSPS) is 11.8. The van der Waals surface area contributed by atoms with Crippen LogP contribution in [0.2, 0.25) is 0 Å². The highest BCUT2D eigenvalue weighted by atomic mass is 127. The van der Waals surface area contributed by atoms with Gasteiger partial charge in [-0.3, -0.25) is 4.79 Å². The molecule has 0 aliphatic rings. The van der Waals surface area contributed by atoms with E-state index >= 15 is 0 Å². The SMILES string of the molecule is CCC(C)=NSCCCCCC(=O)I. The molecule has 0 aliphatic heterocycles. The Balaban J connectivity index is 3.18. The lowest BCUT2D eigenvalue weighted by atomic mass is 10.2. The van der Waals surface area contributed by atoms with Gasteiger partial charge in [0.1, 0.15) is 0 Å². The third-order valence-corrected chi connectivity index (χ3v) is 3.29. The van der Waals surface area contributed by atoms with Crippen LogP contribution in [-0.4, -0.2) is 15.3 Å². The molecule has 0 unspecified atom stereocenters. The second-order valence-corrected chi connectivity index (χ2v) is 5.23. The van der Waals surface area contributed by atoms with Crippen LogP contribution in [0.5, 0.6) is 0 Å². The molecule has 0 rings (SSSR count). The van der Waals surface area contributed by atoms with Gasteiger partial charge in [-0.1, -0.05) is 13.3 Å². The first-order chi connectivity index (χ1) is 6.66. The summed E-state index contributed by atoms with van der Waals surface area (Å²) in [5.74, 6) is 1.08. The van der Waals surface area contributed by atoms with Gasteiger partial charge in [0.2, 0.25) is 0 Å². The smallest absolute Gasteiger partial charge is 0.192 e. The van der Waals surface area contributed by atoms with Crippen LogP contribution in [0.3, 0.4) is 0 Å². The zero-order chi connectivity index (χ0) is 10.8. The van der Waals surface area contributed by atoms with E-state index in [4.69, 9.17) is 0 Å². The summed E-state index contributed by atoms with van der Waals surface area (Å²) in [5, 5.41) is 0. The molecule has 0 aromatic rings. The molecule has 0 aromatic carbocycles. The zero-order valence-electron chi connectivity index (χ0n) is 8.88. The molecule has 0 spiro atoms. The van der Waals surface area contributed by atoms with Gasteiger partial charge in [0, 0.05) is 17.9 Å². The van der Waals surface area contributed by atoms with E-state index in [2.05, 4.69) is 18.2 Å². The molecule has 2 nitrogen and oxygen atoms in total. The molecule has 0 fully saturated rings. The van der Waals surface area contributed by atoms with E-state index in [1.807, 2.05) is 22.6 Å². The van der Waals surface area contributed by atoms with Crippen molar-refractivity contribution in [3.8, 4) is 0 Å². The summed E-state index contributed by atoms with van der Waals surface area (Å²) < 4.78 is 4.61. The summed E-state index contributed by atoms with van der Waals surface area (Å²) in [5.41, 5.74) is 1.21. The molecule has 0 saturated carbocycles. The number of nitrogens with zero attached hydrogens (tertiary/aromatic N) is 1. The van der Waals surface area contributed by atoms with E-state index < -0.39 is 0 Å². The van der Waals surface area contributed by atoms with Crippen molar-refractivity contribution < 1.29 is 4.79 Å². The first-order valence-electron chi connectivity index (χ1n) is 5.00. The Morgan fingerprint density at radius 1 is 1.36 bits per heavy atom. The maximum absolute atomic E-state index is 10.6. The summed E-state index contributed by atoms with van der Waals surface area (Å²) in [6.07, 6.45) is 5.09. The molecule has 0 N–H and O–H groups in total. The predicted octanol–water partition coefficient (Wildman–Crippen LogP) is 4.03. The van der Waals surface area contributed by atoms with Crippen molar-refractivity contribution in [1.82, 2.24) is 0 Å². The Morgan fingerprint density at radius 3 is 2.64 bits per heavy atom. The molecule has 0 atom stereocenters. The average Bonchev–Trinajstić information content (AvgIpc) is 2.15. The molecule has 0 aliphatic carbocycles. The van der Waals surface area contributed by atoms with Gasteiger partial charge in [0.25, 0.3) is 0 Å². The van der Waals surface area contributed by atoms with Crippen LogP contribution in [0, 0.1) is 0 Å². The molecular formula is C10H18INOS. The molecule has 82 valence electrons. The Kier molecular flexibility index (Phi) is 10.3. The molecule has 14 heavy (non-hydrogen) atoms. The minimum Gasteiger partial charge on any atom is -0.288 e. The van der Waals surface area contributed by atoms with Crippen molar-refractivity contribution in [1.29, 1.82) is 0 Å². The van der Waals surface area contributed by atoms with Crippen molar-refractivity contribution in [3.05, 3.63) is 0 Å². The molecule has 0 bridgehead atoms. The quantitative estimate of drug-likeness (QED) is 0.221. The lowest BCUT2D eigenvalue weighted by Gasteiger charge is -1.97. The average molecular weight is 327 g/mol. The molecular weight excluding hydrogens is 309 g/mol. The topological polar surface area (TPSA) is 29.4 Å². The van der Waals surface area contributed by atoms with E-state index in [-0.39, 0.29) is 3.79 Å². The monoisotopic (exact) mass is 327 g/mol. The number of halogens is 1. The molecule has 0 aromatic heterocycles. The lowest BCUT2D eigenvalue weighted by molar-refractivity contribution is -0.109. The Morgan fingerprint density at radius 2 is 2.07 bits per heavy atom. The van der Waals surface area contributed by atoms with Gasteiger partial charge < -0.3 is 0 Å². The van der Waals surface area contributed by atoms with Crippen LogP contribution in [-0.2, 0) is 4.79 Å². The number of rotatable bonds is 8. The van der Waals surface area contributed by atoms with E-state index in [1.54, 1.807) is 11.9 Å². The fourth-order valence-electron chi connectivity index (χ4n) is 0.828. The number of hydrogen-bond acceptors (Lipinski definition) is 3. The van der Waals surface area contributed by atoms with E-state index in [9.17, 15) is 4.79 Å². The minimum absolute atomic E-state index is 0.273. The fourth-order valence-corrected chi connectivity index (χ4v) is 1.98. The van der Waals surface area contributed by atoms with Gasteiger partial charge in [-0.05, 0) is 60.7 Å². The Bertz CT molecular complexity index is 195. The van der Waals surface area contributed by atoms with Crippen molar-refractivity contribution in [2.45, 2.75) is 46.0 Å². The van der Waals surface area contributed by atoms with Gasteiger partial charge in [-0.2, -0.15) is 0 Å².